The summed E-state index contributed by atoms with van der Waals surface area (Å²) in [6, 6.07) is 17.8. The molecule has 0 saturated carbocycles. The second-order valence-electron chi connectivity index (χ2n) is 7.15. The molecule has 6 heteroatoms. The zero-order chi connectivity index (χ0) is 20.9. The van der Waals surface area contributed by atoms with E-state index in [0.717, 1.165) is 46.6 Å². The fraction of sp³-hybridized carbons (Fsp3) is 0.250. The number of thiophene rings is 1. The van der Waals surface area contributed by atoms with Crippen LogP contribution in [0.25, 0.3) is 10.4 Å². The molecule has 3 aromatic rings. The predicted octanol–water partition coefficient (Wildman–Crippen LogP) is 4.04. The summed E-state index contributed by atoms with van der Waals surface area (Å²) >= 11 is 1.42. The number of carbonyl (C=O) groups is 2. The highest BCUT2D eigenvalue weighted by atomic mass is 32.1. The molecule has 0 unspecified atom stereocenters. The van der Waals surface area contributed by atoms with Gasteiger partial charge < -0.3 is 14.8 Å². The van der Waals surface area contributed by atoms with E-state index in [2.05, 4.69) is 11.4 Å². The lowest BCUT2D eigenvalue weighted by atomic mass is 9.91. The first kappa shape index (κ1) is 20.2. The number of fused-ring (bicyclic) bond motifs is 3. The molecule has 0 fully saturated rings. The fourth-order valence-electron chi connectivity index (χ4n) is 3.58. The van der Waals surface area contributed by atoms with Crippen molar-refractivity contribution in [2.24, 2.45) is 0 Å². The Morgan fingerprint density at radius 2 is 1.83 bits per heavy atom. The van der Waals surface area contributed by atoms with Crippen LogP contribution in [-0.2, 0) is 28.8 Å². The third-order valence-corrected chi connectivity index (χ3v) is 6.33. The van der Waals surface area contributed by atoms with Crippen LogP contribution in [0.2, 0.25) is 0 Å². The molecule has 0 atom stereocenters. The largest absolute Gasteiger partial charge is 0.497 e. The van der Waals surface area contributed by atoms with Gasteiger partial charge in [0.1, 0.15) is 10.6 Å². The van der Waals surface area contributed by atoms with Gasteiger partial charge >= 0.3 is 5.97 Å². The Kier molecular flexibility index (Phi) is 6.14. The van der Waals surface area contributed by atoms with E-state index < -0.39 is 5.97 Å². The monoisotopic (exact) mass is 421 g/mol. The molecule has 1 amide bonds. The van der Waals surface area contributed by atoms with E-state index in [-0.39, 0.29) is 12.5 Å². The van der Waals surface area contributed by atoms with Crippen molar-refractivity contribution in [2.75, 3.05) is 20.3 Å². The Hall–Kier alpha value is -3.12. The van der Waals surface area contributed by atoms with Crippen LogP contribution in [0, 0.1) is 0 Å². The molecule has 1 aliphatic rings. The van der Waals surface area contributed by atoms with Crippen molar-refractivity contribution in [3.8, 4) is 16.2 Å². The van der Waals surface area contributed by atoms with Gasteiger partial charge in [-0.15, -0.1) is 11.3 Å². The number of rotatable bonds is 7. The van der Waals surface area contributed by atoms with E-state index >= 15 is 0 Å². The number of esters is 1. The molecule has 5 nitrogen and oxygen atoms in total. The third kappa shape index (κ3) is 4.54. The summed E-state index contributed by atoms with van der Waals surface area (Å²) in [4.78, 5) is 26.1. The highest BCUT2D eigenvalue weighted by molar-refractivity contribution is 7.17. The Morgan fingerprint density at radius 3 is 2.63 bits per heavy atom. The fourth-order valence-corrected chi connectivity index (χ4v) is 4.75. The van der Waals surface area contributed by atoms with Gasteiger partial charge in [0.05, 0.1) is 7.11 Å². The van der Waals surface area contributed by atoms with Crippen LogP contribution in [0.1, 0.15) is 26.4 Å². The molecule has 1 aromatic heterocycles. The van der Waals surface area contributed by atoms with Crippen molar-refractivity contribution in [2.45, 2.75) is 19.3 Å². The van der Waals surface area contributed by atoms with Gasteiger partial charge in [-0.05, 0) is 65.8 Å². The second kappa shape index (κ2) is 9.13. The molecule has 0 radical (unpaired) electrons. The molecular formula is C24H23NO4S. The standard InChI is InChI=1S/C24H23NO4S/c1-28-19-9-10-20-17(13-19)7-8-18-14-21(30-23(18)20)24(27)29-15-22(26)25-12-11-16-5-3-2-4-6-16/h2-6,9-10,13-14H,7-8,11-12,15H2,1H3,(H,25,26). The third-order valence-electron chi connectivity index (χ3n) is 5.14. The highest BCUT2D eigenvalue weighted by Gasteiger charge is 2.23. The van der Waals surface area contributed by atoms with Gasteiger partial charge in [0.15, 0.2) is 6.61 Å². The van der Waals surface area contributed by atoms with Crippen molar-refractivity contribution in [3.05, 3.63) is 76.2 Å². The Balaban J connectivity index is 1.32. The molecule has 30 heavy (non-hydrogen) atoms. The van der Waals surface area contributed by atoms with Crippen molar-refractivity contribution < 1.29 is 19.1 Å². The molecule has 1 aliphatic carbocycles. The van der Waals surface area contributed by atoms with Gasteiger partial charge in [0.2, 0.25) is 0 Å². The predicted molar refractivity (Wildman–Crippen MR) is 117 cm³/mol. The molecular weight excluding hydrogens is 398 g/mol. The molecule has 2 aromatic carbocycles. The number of carbonyl (C=O) groups excluding carboxylic acids is 2. The van der Waals surface area contributed by atoms with E-state index in [4.69, 9.17) is 9.47 Å². The normalized spacial score (nSPS) is 11.9. The van der Waals surface area contributed by atoms with E-state index in [9.17, 15) is 9.59 Å². The van der Waals surface area contributed by atoms with Crippen LogP contribution < -0.4 is 10.1 Å². The van der Waals surface area contributed by atoms with Crippen LogP contribution in [0.4, 0.5) is 0 Å². The lowest BCUT2D eigenvalue weighted by Crippen LogP contribution is -2.30. The second-order valence-corrected chi connectivity index (χ2v) is 8.20. The number of hydrogen-bond donors (Lipinski definition) is 1. The number of methoxy groups -OCH3 is 1. The number of aryl methyl sites for hydroxylation is 2. The van der Waals surface area contributed by atoms with Gasteiger partial charge in [-0.2, -0.15) is 0 Å². The van der Waals surface area contributed by atoms with E-state index in [1.54, 1.807) is 7.11 Å². The van der Waals surface area contributed by atoms with Crippen molar-refractivity contribution in [1.82, 2.24) is 5.32 Å². The molecule has 0 bridgehead atoms. The number of hydrogen-bond acceptors (Lipinski definition) is 5. The molecule has 1 heterocycles. The first-order valence-corrected chi connectivity index (χ1v) is 10.7. The van der Waals surface area contributed by atoms with Gasteiger partial charge in [-0.1, -0.05) is 30.3 Å². The first-order valence-electron chi connectivity index (χ1n) is 9.92. The Morgan fingerprint density at radius 1 is 1.03 bits per heavy atom. The minimum absolute atomic E-state index is 0.274. The molecule has 0 saturated heterocycles. The van der Waals surface area contributed by atoms with E-state index in [0.29, 0.717) is 11.4 Å². The van der Waals surface area contributed by atoms with Gasteiger partial charge in [0.25, 0.3) is 5.91 Å². The van der Waals surface area contributed by atoms with Crippen molar-refractivity contribution >= 4 is 23.2 Å². The van der Waals surface area contributed by atoms with E-state index in [1.165, 1.54) is 16.9 Å². The molecule has 154 valence electrons. The lowest BCUT2D eigenvalue weighted by molar-refractivity contribution is -0.124. The quantitative estimate of drug-likeness (QED) is 0.585. The summed E-state index contributed by atoms with van der Waals surface area (Å²) in [6.45, 7) is 0.234. The van der Waals surface area contributed by atoms with Gasteiger partial charge in [-0.3, -0.25) is 4.79 Å². The van der Waals surface area contributed by atoms with E-state index in [1.807, 2.05) is 48.5 Å². The average Bonchev–Trinajstić information content (AvgIpc) is 3.22. The van der Waals surface area contributed by atoms with Gasteiger partial charge in [0, 0.05) is 11.4 Å². The minimum atomic E-state index is -0.456. The molecule has 4 rings (SSSR count). The summed E-state index contributed by atoms with van der Waals surface area (Å²) in [5, 5.41) is 2.79. The summed E-state index contributed by atoms with van der Waals surface area (Å²) in [5.41, 5.74) is 4.66. The minimum Gasteiger partial charge on any atom is -0.497 e. The van der Waals surface area contributed by atoms with Gasteiger partial charge in [-0.25, -0.2) is 4.79 Å². The number of amides is 1. The van der Waals surface area contributed by atoms with Crippen molar-refractivity contribution in [1.29, 1.82) is 0 Å². The average molecular weight is 422 g/mol. The van der Waals surface area contributed by atoms with Crippen molar-refractivity contribution in [3.63, 3.8) is 0 Å². The molecule has 0 spiro atoms. The molecule has 0 aliphatic heterocycles. The zero-order valence-electron chi connectivity index (χ0n) is 16.8. The van der Waals surface area contributed by atoms with Crippen LogP contribution in [-0.4, -0.2) is 32.1 Å². The van der Waals surface area contributed by atoms with Crippen LogP contribution in [0.5, 0.6) is 5.75 Å². The first-order chi connectivity index (χ1) is 14.6. The zero-order valence-corrected chi connectivity index (χ0v) is 17.6. The molecule has 1 N–H and O–H groups in total. The maximum absolute atomic E-state index is 12.5. The lowest BCUT2D eigenvalue weighted by Gasteiger charge is -2.16. The summed E-state index contributed by atoms with van der Waals surface area (Å²) in [7, 11) is 1.66. The van der Waals surface area contributed by atoms with Crippen LogP contribution >= 0.6 is 11.3 Å². The van der Waals surface area contributed by atoms with Crippen LogP contribution in [0.15, 0.2) is 54.6 Å². The number of ether oxygens (including phenoxy) is 2. The summed E-state index contributed by atoms with van der Waals surface area (Å²) in [6.07, 6.45) is 2.52. The highest BCUT2D eigenvalue weighted by Crippen LogP contribution is 2.40. The SMILES string of the molecule is COc1ccc2c(c1)CCc1cc(C(=O)OCC(=O)NCCc3ccccc3)sc1-2. The number of benzene rings is 2. The summed E-state index contributed by atoms with van der Waals surface area (Å²) < 4.78 is 10.5. The topological polar surface area (TPSA) is 64.6 Å². The maximum atomic E-state index is 12.5. The Bertz CT molecular complexity index is 1060. The maximum Gasteiger partial charge on any atom is 0.348 e. The smallest absolute Gasteiger partial charge is 0.348 e. The Labute approximate surface area is 179 Å². The summed E-state index contributed by atoms with van der Waals surface area (Å²) in [5.74, 6) is 0.0902. The van der Waals surface area contributed by atoms with Crippen LogP contribution in [0.3, 0.4) is 0 Å². The number of nitrogens with one attached hydrogen (secondary N) is 1.